The molecule has 1 aromatic carbocycles. The van der Waals surface area contributed by atoms with Crippen LogP contribution < -0.4 is 9.46 Å². The minimum absolute atomic E-state index is 0.0991. The monoisotopic (exact) mass is 307 g/mol. The lowest BCUT2D eigenvalue weighted by atomic mass is 10.3. The number of benzene rings is 1. The van der Waals surface area contributed by atoms with Crippen molar-refractivity contribution >= 4 is 21.6 Å². The SMILES string of the molecule is CCOC(C)CNS(=O)(=O)c1ccc(OC)c(Cl)c1. The Balaban J connectivity index is 2.80. The molecule has 1 unspecified atom stereocenters. The van der Waals surface area contributed by atoms with Crippen LogP contribution in [0.3, 0.4) is 0 Å². The van der Waals surface area contributed by atoms with Gasteiger partial charge in [0.2, 0.25) is 10.0 Å². The lowest BCUT2D eigenvalue weighted by Gasteiger charge is -2.13. The van der Waals surface area contributed by atoms with Gasteiger partial charge in [0.1, 0.15) is 5.75 Å². The second-order valence-corrected chi connectivity index (χ2v) is 6.09. The molecule has 0 amide bonds. The van der Waals surface area contributed by atoms with Crippen LogP contribution in [-0.2, 0) is 14.8 Å². The predicted octanol–water partition coefficient (Wildman–Crippen LogP) is 2.05. The van der Waals surface area contributed by atoms with Gasteiger partial charge in [0.05, 0.1) is 23.1 Å². The zero-order valence-corrected chi connectivity index (χ0v) is 12.7. The molecule has 0 bridgehead atoms. The van der Waals surface area contributed by atoms with E-state index in [2.05, 4.69) is 4.72 Å². The van der Waals surface area contributed by atoms with Crippen LogP contribution in [-0.4, -0.2) is 34.8 Å². The Kier molecular flexibility index (Phi) is 6.06. The van der Waals surface area contributed by atoms with Crippen molar-refractivity contribution in [3.05, 3.63) is 23.2 Å². The highest BCUT2D eigenvalue weighted by Gasteiger charge is 2.16. The van der Waals surface area contributed by atoms with Crippen molar-refractivity contribution in [2.45, 2.75) is 24.8 Å². The standard InChI is InChI=1S/C12H18ClNO4S/c1-4-18-9(2)8-14-19(15,16)10-5-6-12(17-3)11(13)7-10/h5-7,9,14H,4,8H2,1-3H3. The maximum Gasteiger partial charge on any atom is 0.240 e. The molecule has 0 heterocycles. The normalized spacial score (nSPS) is 13.3. The Labute approximate surface area is 118 Å². The number of hydrogen-bond donors (Lipinski definition) is 1. The summed E-state index contributed by atoms with van der Waals surface area (Å²) in [6.45, 7) is 4.40. The van der Waals surface area contributed by atoms with Crippen molar-refractivity contribution in [3.8, 4) is 5.75 Å². The zero-order valence-electron chi connectivity index (χ0n) is 11.1. The number of nitrogens with one attached hydrogen (secondary N) is 1. The third-order valence-corrected chi connectivity index (χ3v) is 4.16. The fourth-order valence-electron chi connectivity index (χ4n) is 1.47. The number of rotatable bonds is 7. The van der Waals surface area contributed by atoms with E-state index < -0.39 is 10.0 Å². The summed E-state index contributed by atoms with van der Waals surface area (Å²) in [7, 11) is -2.12. The molecular formula is C12H18ClNO4S. The molecule has 0 aliphatic carbocycles. The van der Waals surface area contributed by atoms with Crippen molar-refractivity contribution in [2.75, 3.05) is 20.3 Å². The molecule has 108 valence electrons. The molecule has 0 saturated carbocycles. The molecule has 5 nitrogen and oxygen atoms in total. The molecule has 19 heavy (non-hydrogen) atoms. The average Bonchev–Trinajstić information content (AvgIpc) is 2.37. The molecular weight excluding hydrogens is 290 g/mol. The summed E-state index contributed by atoms with van der Waals surface area (Å²) in [5.41, 5.74) is 0. The van der Waals surface area contributed by atoms with E-state index in [1.54, 1.807) is 6.92 Å². The van der Waals surface area contributed by atoms with E-state index in [-0.39, 0.29) is 22.6 Å². The van der Waals surface area contributed by atoms with Gasteiger partial charge in [-0.3, -0.25) is 0 Å². The van der Waals surface area contributed by atoms with Crippen LogP contribution in [0.15, 0.2) is 23.1 Å². The minimum Gasteiger partial charge on any atom is -0.495 e. The van der Waals surface area contributed by atoms with Crippen LogP contribution in [0.25, 0.3) is 0 Å². The highest BCUT2D eigenvalue weighted by Crippen LogP contribution is 2.26. The molecule has 0 aliphatic heterocycles. The van der Waals surface area contributed by atoms with Crippen LogP contribution >= 0.6 is 11.6 Å². The van der Waals surface area contributed by atoms with E-state index >= 15 is 0 Å². The number of ether oxygens (including phenoxy) is 2. The predicted molar refractivity (Wildman–Crippen MR) is 74.3 cm³/mol. The molecule has 7 heteroatoms. The van der Waals surface area contributed by atoms with Crippen molar-refractivity contribution in [3.63, 3.8) is 0 Å². The van der Waals surface area contributed by atoms with E-state index in [1.165, 1.54) is 25.3 Å². The zero-order chi connectivity index (χ0) is 14.5. The highest BCUT2D eigenvalue weighted by atomic mass is 35.5. The molecule has 0 spiro atoms. The van der Waals surface area contributed by atoms with Gasteiger partial charge in [0.15, 0.2) is 0 Å². The van der Waals surface area contributed by atoms with Gasteiger partial charge in [-0.2, -0.15) is 0 Å². The average molecular weight is 308 g/mol. The van der Waals surface area contributed by atoms with Gasteiger partial charge in [-0.1, -0.05) is 11.6 Å². The van der Waals surface area contributed by atoms with Gasteiger partial charge < -0.3 is 9.47 Å². The summed E-state index contributed by atoms with van der Waals surface area (Å²) in [5.74, 6) is 0.434. The maximum absolute atomic E-state index is 12.0. The molecule has 0 aromatic heterocycles. The first-order valence-electron chi connectivity index (χ1n) is 5.85. The Morgan fingerprint density at radius 3 is 2.63 bits per heavy atom. The van der Waals surface area contributed by atoms with Gasteiger partial charge in [0, 0.05) is 13.2 Å². The van der Waals surface area contributed by atoms with E-state index in [0.717, 1.165) is 0 Å². The first-order chi connectivity index (χ1) is 8.90. The van der Waals surface area contributed by atoms with Crippen molar-refractivity contribution < 1.29 is 17.9 Å². The Morgan fingerprint density at radius 1 is 1.42 bits per heavy atom. The quantitative estimate of drug-likeness (QED) is 0.837. The molecule has 0 aliphatic rings. The largest absolute Gasteiger partial charge is 0.495 e. The second-order valence-electron chi connectivity index (χ2n) is 3.91. The van der Waals surface area contributed by atoms with Crippen LogP contribution in [0.1, 0.15) is 13.8 Å². The van der Waals surface area contributed by atoms with Crippen LogP contribution in [0, 0.1) is 0 Å². The van der Waals surface area contributed by atoms with Gasteiger partial charge in [-0.05, 0) is 32.0 Å². The third kappa shape index (κ3) is 4.65. The Morgan fingerprint density at radius 2 is 2.11 bits per heavy atom. The Bertz CT molecular complexity index is 518. The maximum atomic E-state index is 12.0. The summed E-state index contributed by atoms with van der Waals surface area (Å²) in [6, 6.07) is 4.31. The fourth-order valence-corrected chi connectivity index (χ4v) is 2.93. The van der Waals surface area contributed by atoms with Crippen molar-refractivity contribution in [1.82, 2.24) is 4.72 Å². The summed E-state index contributed by atoms with van der Waals surface area (Å²) < 4.78 is 36.8. The first-order valence-corrected chi connectivity index (χ1v) is 7.71. The summed E-state index contributed by atoms with van der Waals surface area (Å²) in [4.78, 5) is 0.0991. The van der Waals surface area contributed by atoms with Crippen LogP contribution in [0.5, 0.6) is 5.75 Å². The topological polar surface area (TPSA) is 64.6 Å². The van der Waals surface area contributed by atoms with E-state index in [9.17, 15) is 8.42 Å². The summed E-state index contributed by atoms with van der Waals surface area (Å²) in [6.07, 6.45) is -0.187. The third-order valence-electron chi connectivity index (χ3n) is 2.45. The first kappa shape index (κ1) is 16.2. The lowest BCUT2D eigenvalue weighted by Crippen LogP contribution is -2.32. The van der Waals surface area contributed by atoms with Crippen molar-refractivity contribution in [2.24, 2.45) is 0 Å². The van der Waals surface area contributed by atoms with Gasteiger partial charge in [-0.15, -0.1) is 0 Å². The van der Waals surface area contributed by atoms with E-state index in [4.69, 9.17) is 21.1 Å². The summed E-state index contributed by atoms with van der Waals surface area (Å²) >= 11 is 5.91. The summed E-state index contributed by atoms with van der Waals surface area (Å²) in [5, 5.41) is 0.253. The number of sulfonamides is 1. The molecule has 0 fully saturated rings. The van der Waals surface area contributed by atoms with Gasteiger partial charge in [-0.25, -0.2) is 13.1 Å². The number of hydrogen-bond acceptors (Lipinski definition) is 4. The lowest BCUT2D eigenvalue weighted by molar-refractivity contribution is 0.0799. The molecule has 1 aromatic rings. The van der Waals surface area contributed by atoms with Crippen molar-refractivity contribution in [1.29, 1.82) is 0 Å². The van der Waals surface area contributed by atoms with Gasteiger partial charge in [0.25, 0.3) is 0 Å². The Hall–Kier alpha value is -0.820. The number of halogens is 1. The van der Waals surface area contributed by atoms with E-state index in [1.807, 2.05) is 6.92 Å². The van der Waals surface area contributed by atoms with Gasteiger partial charge >= 0.3 is 0 Å². The molecule has 1 rings (SSSR count). The minimum atomic E-state index is -3.59. The fraction of sp³-hybridized carbons (Fsp3) is 0.500. The highest BCUT2D eigenvalue weighted by molar-refractivity contribution is 7.89. The van der Waals surface area contributed by atoms with Crippen LogP contribution in [0.4, 0.5) is 0 Å². The molecule has 1 atom stereocenters. The molecule has 1 N–H and O–H groups in total. The number of methoxy groups -OCH3 is 1. The smallest absolute Gasteiger partial charge is 0.240 e. The molecule has 0 radical (unpaired) electrons. The van der Waals surface area contributed by atoms with E-state index in [0.29, 0.717) is 12.4 Å². The molecule has 0 saturated heterocycles. The second kappa shape index (κ2) is 7.09. The van der Waals surface area contributed by atoms with Crippen LogP contribution in [0.2, 0.25) is 5.02 Å².